The lowest BCUT2D eigenvalue weighted by Crippen LogP contribution is -2.67. The summed E-state index contributed by atoms with van der Waals surface area (Å²) >= 11 is 0. The molecule has 0 spiro atoms. The summed E-state index contributed by atoms with van der Waals surface area (Å²) in [5, 5.41) is 8.18. The van der Waals surface area contributed by atoms with Gasteiger partial charge in [0.2, 0.25) is 0 Å². The number of rotatable bonds is 1. The Labute approximate surface area is 463 Å². The molecule has 0 unspecified atom stereocenters. The Balaban J connectivity index is 1.29. The van der Waals surface area contributed by atoms with E-state index in [1.807, 2.05) is 0 Å². The summed E-state index contributed by atoms with van der Waals surface area (Å²) in [5.41, 5.74) is 32.6. The van der Waals surface area contributed by atoms with Crippen LogP contribution in [-0.4, -0.2) is 27.1 Å². The van der Waals surface area contributed by atoms with Crippen molar-refractivity contribution in [1.29, 1.82) is 0 Å². The smallest absolute Gasteiger partial charge is 0.252 e. The van der Waals surface area contributed by atoms with Crippen molar-refractivity contribution in [3.63, 3.8) is 0 Å². The minimum Gasteiger partial charge on any atom is -0.311 e. The third-order valence-electron chi connectivity index (χ3n) is 19.3. The monoisotopic (exact) mass is 1020 g/mol. The summed E-state index contributed by atoms with van der Waals surface area (Å²) in [5.74, 6) is 0. The quantitative estimate of drug-likeness (QED) is 0.146. The Hall–Kier alpha value is -6.71. The van der Waals surface area contributed by atoms with Gasteiger partial charge in [0.1, 0.15) is 0 Å². The molecule has 5 heteroatoms. The van der Waals surface area contributed by atoms with Crippen LogP contribution in [0.1, 0.15) is 164 Å². The molecule has 4 aliphatic rings. The summed E-state index contributed by atoms with van der Waals surface area (Å²) in [6.07, 6.45) is 0. The summed E-state index contributed by atoms with van der Waals surface area (Å²) in [7, 11) is 0. The third-order valence-corrected chi connectivity index (χ3v) is 19.3. The molecule has 7 heterocycles. The highest BCUT2D eigenvalue weighted by Crippen LogP contribution is 2.50. The van der Waals surface area contributed by atoms with E-state index in [4.69, 9.17) is 0 Å². The molecule has 0 aliphatic carbocycles. The van der Waals surface area contributed by atoms with E-state index in [0.29, 0.717) is 0 Å². The van der Waals surface area contributed by atoms with E-state index in [9.17, 15) is 0 Å². The van der Waals surface area contributed by atoms with Gasteiger partial charge in [-0.15, -0.1) is 0 Å². The van der Waals surface area contributed by atoms with Gasteiger partial charge in [-0.25, -0.2) is 0 Å². The molecule has 11 aromatic rings. The lowest BCUT2D eigenvalue weighted by atomic mass is 9.29. The zero-order valence-electron chi connectivity index (χ0n) is 49.9. The second kappa shape index (κ2) is 14.6. The number of hydrogen-bond donors (Lipinski definition) is 0. The van der Waals surface area contributed by atoms with Crippen LogP contribution in [-0.2, 0) is 32.5 Å². The van der Waals surface area contributed by atoms with Crippen LogP contribution in [0.4, 0.5) is 0 Å². The zero-order valence-corrected chi connectivity index (χ0v) is 49.9. The van der Waals surface area contributed by atoms with Gasteiger partial charge in [0.25, 0.3) is 13.4 Å². The molecule has 0 radical (unpaired) electrons. The molecule has 0 saturated carbocycles. The number of aromatic nitrogens is 3. The van der Waals surface area contributed by atoms with Gasteiger partial charge in [0.05, 0.1) is 22.4 Å². The highest BCUT2D eigenvalue weighted by atomic mass is 15.1. The lowest BCUT2D eigenvalue weighted by molar-refractivity contribution is 0.590. The van der Waals surface area contributed by atoms with E-state index in [0.717, 1.165) is 0 Å². The van der Waals surface area contributed by atoms with Crippen molar-refractivity contribution in [3.05, 3.63) is 148 Å². The van der Waals surface area contributed by atoms with Crippen molar-refractivity contribution in [2.24, 2.45) is 0 Å². The topological polar surface area (TPSA) is 14.8 Å². The van der Waals surface area contributed by atoms with Crippen LogP contribution in [0.3, 0.4) is 0 Å². The van der Waals surface area contributed by atoms with Crippen LogP contribution in [0.25, 0.3) is 93.6 Å². The predicted molar refractivity (Wildman–Crippen MR) is 341 cm³/mol. The molecule has 0 fully saturated rings. The zero-order chi connectivity index (χ0) is 54.9. The van der Waals surface area contributed by atoms with E-state index in [2.05, 4.69) is 254 Å². The van der Waals surface area contributed by atoms with Gasteiger partial charge < -0.3 is 13.7 Å². The highest BCUT2D eigenvalue weighted by Gasteiger charge is 2.52. The van der Waals surface area contributed by atoms with Gasteiger partial charge >= 0.3 is 0 Å². The van der Waals surface area contributed by atoms with Gasteiger partial charge in [0.15, 0.2) is 0 Å². The van der Waals surface area contributed by atoms with E-state index < -0.39 is 0 Å². The fourth-order valence-electron chi connectivity index (χ4n) is 15.0. The molecule has 8 aromatic carbocycles. The number of hydrogen-bond acceptors (Lipinski definition) is 0. The fourth-order valence-corrected chi connectivity index (χ4v) is 15.0. The highest BCUT2D eigenvalue weighted by molar-refractivity contribution is 7.04. The number of fused-ring (bicyclic) bond motifs is 13. The lowest BCUT2D eigenvalue weighted by Gasteiger charge is -2.43. The van der Waals surface area contributed by atoms with E-state index in [-0.39, 0.29) is 45.9 Å². The molecule has 0 saturated heterocycles. The van der Waals surface area contributed by atoms with Crippen LogP contribution in [0.5, 0.6) is 0 Å². The maximum Gasteiger partial charge on any atom is 0.252 e. The van der Waals surface area contributed by atoms with Crippen LogP contribution in [0, 0.1) is 6.92 Å². The van der Waals surface area contributed by atoms with Crippen LogP contribution < -0.4 is 32.8 Å². The van der Waals surface area contributed by atoms with Crippen molar-refractivity contribution < 1.29 is 0 Å². The largest absolute Gasteiger partial charge is 0.311 e. The van der Waals surface area contributed by atoms with Gasteiger partial charge in [0, 0.05) is 65.6 Å². The van der Waals surface area contributed by atoms with Crippen LogP contribution >= 0.6 is 0 Å². The molecule has 388 valence electrons. The molecule has 4 aliphatic heterocycles. The second-order valence-corrected chi connectivity index (χ2v) is 30.8. The fraction of sp³-hybridized carbons (Fsp3) is 0.342. The summed E-state index contributed by atoms with van der Waals surface area (Å²) in [6.45, 7) is 45.5. The van der Waals surface area contributed by atoms with E-state index in [1.165, 1.54) is 165 Å². The molecule has 0 N–H and O–H groups in total. The molecule has 0 amide bonds. The summed E-state index contributed by atoms with van der Waals surface area (Å²) < 4.78 is 8.43. The molecular formula is C73H75B2N3. The van der Waals surface area contributed by atoms with Gasteiger partial charge in [-0.1, -0.05) is 191 Å². The first kappa shape index (κ1) is 48.4. The molecule has 78 heavy (non-hydrogen) atoms. The minimum atomic E-state index is -0.0913. The van der Waals surface area contributed by atoms with Crippen molar-refractivity contribution >= 4 is 112 Å². The van der Waals surface area contributed by atoms with Gasteiger partial charge in [-0.2, -0.15) is 0 Å². The molecule has 3 nitrogen and oxygen atoms in total. The maximum absolute atomic E-state index is 2.84. The Kier molecular flexibility index (Phi) is 9.03. The van der Waals surface area contributed by atoms with Crippen LogP contribution in [0.15, 0.2) is 109 Å². The Morgan fingerprint density at radius 1 is 0.308 bits per heavy atom. The second-order valence-electron chi connectivity index (χ2n) is 30.8. The standard InChI is InChI=1S/C73H75B2N3/c1-38-21-20-22-39(27-38)58-65-59-67-60-66(58)77-57-26-24-41(69(5,6)7)29-47(57)49-31-43(71(11,12)13)35-53(62(49)77)75(60)55-37-45(73(17,18)19)33-51-50-32-44(72(14,15)16)36-54(63(50)78(67)64(51)55)74(59)52-34-42(70(8,9)10)30-48-46-28-40(68(2,3)4)23-25-56(46)76(65)61(48)52/h20-37H,1-19H3. The van der Waals surface area contributed by atoms with Crippen molar-refractivity contribution in [1.82, 2.24) is 13.7 Å². The molecule has 15 rings (SSSR count). The van der Waals surface area contributed by atoms with Crippen molar-refractivity contribution in [2.75, 3.05) is 0 Å². The SMILES string of the molecule is Cc1cccc(-c2c3c4c5c6c2-n2c7ccc(C(C)(C)C)cc7c7cc(C(C)(C)C)cc(c72)B6c2cc(C(C)(C)C)cc6c7cc(C(C)(C)C)cc(c7n-5c26)B4c2cc(C(C)(C)C)cc4c5cc(C(C)(C)C)ccc5n-3c24)c1. The minimum absolute atomic E-state index is 0.0241. The Morgan fingerprint density at radius 2 is 0.628 bits per heavy atom. The number of nitrogens with zero attached hydrogens (tertiary/aromatic N) is 3. The summed E-state index contributed by atoms with van der Waals surface area (Å²) in [4.78, 5) is 0. The van der Waals surface area contributed by atoms with E-state index >= 15 is 0 Å². The first-order chi connectivity index (χ1) is 36.4. The molecule has 0 atom stereocenters. The van der Waals surface area contributed by atoms with Crippen molar-refractivity contribution in [3.8, 4) is 28.2 Å². The maximum atomic E-state index is 2.84. The van der Waals surface area contributed by atoms with Gasteiger partial charge in [-0.05, 0) is 160 Å². The van der Waals surface area contributed by atoms with Crippen molar-refractivity contribution in [2.45, 2.75) is 164 Å². The predicted octanol–water partition coefficient (Wildman–Crippen LogP) is 15.0. The van der Waals surface area contributed by atoms with Crippen LogP contribution in [0.2, 0.25) is 0 Å². The third kappa shape index (κ3) is 6.15. The molecule has 3 aromatic heterocycles. The average molecular weight is 1020 g/mol. The molecular weight excluding hydrogens is 940 g/mol. The Bertz CT molecular complexity index is 4350. The first-order valence-corrected chi connectivity index (χ1v) is 29.2. The summed E-state index contributed by atoms with van der Waals surface area (Å²) in [6, 6.07) is 45.5. The Morgan fingerprint density at radius 3 is 0.962 bits per heavy atom. The van der Waals surface area contributed by atoms with Gasteiger partial charge in [-0.3, -0.25) is 0 Å². The normalized spacial score (nSPS) is 14.8. The average Bonchev–Trinajstić information content (AvgIpc) is 4.10. The first-order valence-electron chi connectivity index (χ1n) is 29.2. The number of aryl methyl sites for hydroxylation is 1. The number of benzene rings is 8. The molecule has 0 bridgehead atoms. The van der Waals surface area contributed by atoms with E-state index in [1.54, 1.807) is 0 Å².